The van der Waals surface area contributed by atoms with E-state index < -0.39 is 10.0 Å². The molecule has 0 amide bonds. The Labute approximate surface area is 140 Å². The maximum absolute atomic E-state index is 12.2. The van der Waals surface area contributed by atoms with E-state index in [1.807, 2.05) is 0 Å². The van der Waals surface area contributed by atoms with Crippen LogP contribution in [0.15, 0.2) is 50.9 Å². The third kappa shape index (κ3) is 2.94. The smallest absolute Gasteiger partial charge is 0.266 e. The van der Waals surface area contributed by atoms with Crippen molar-refractivity contribution in [2.75, 3.05) is 5.32 Å². The molecule has 0 fully saturated rings. The minimum Gasteiger partial charge on any atom is -0.323 e. The van der Waals surface area contributed by atoms with Gasteiger partial charge in [-0.25, -0.2) is 18.1 Å². The summed E-state index contributed by atoms with van der Waals surface area (Å²) in [4.78, 5) is 8.47. The van der Waals surface area contributed by atoms with E-state index in [4.69, 9.17) is 11.6 Å². The van der Waals surface area contributed by atoms with Crippen molar-refractivity contribution >= 4 is 49.2 Å². The highest BCUT2D eigenvalue weighted by atomic mass is 79.9. The minimum absolute atomic E-state index is 0.126. The molecular formula is C13H10BrClN4O2S. The predicted octanol–water partition coefficient (Wildman–Crippen LogP) is 2.76. The lowest BCUT2D eigenvalue weighted by atomic mass is 10.3. The van der Waals surface area contributed by atoms with E-state index in [-0.39, 0.29) is 17.4 Å². The van der Waals surface area contributed by atoms with Gasteiger partial charge in [-0.3, -0.25) is 4.98 Å². The van der Waals surface area contributed by atoms with Crippen molar-refractivity contribution in [2.24, 2.45) is 4.99 Å². The molecule has 0 saturated heterocycles. The molecule has 1 aliphatic heterocycles. The van der Waals surface area contributed by atoms with Gasteiger partial charge in [0.05, 0.1) is 22.9 Å². The number of halogens is 2. The van der Waals surface area contributed by atoms with E-state index in [1.54, 1.807) is 30.5 Å². The summed E-state index contributed by atoms with van der Waals surface area (Å²) in [5.41, 5.74) is 1.02. The Bertz CT molecular complexity index is 870. The number of fused-ring (bicyclic) bond motifs is 1. The first-order valence-electron chi connectivity index (χ1n) is 6.19. The van der Waals surface area contributed by atoms with Gasteiger partial charge in [-0.2, -0.15) is 0 Å². The number of anilines is 1. The zero-order chi connectivity index (χ0) is 15.7. The average Bonchev–Trinajstić information content (AvgIpc) is 2.47. The van der Waals surface area contributed by atoms with E-state index in [0.29, 0.717) is 20.9 Å². The van der Waals surface area contributed by atoms with E-state index in [0.717, 1.165) is 0 Å². The molecule has 2 N–H and O–H groups in total. The molecule has 1 aliphatic rings. The van der Waals surface area contributed by atoms with Crippen molar-refractivity contribution in [1.29, 1.82) is 0 Å². The second-order valence-electron chi connectivity index (χ2n) is 4.44. The summed E-state index contributed by atoms with van der Waals surface area (Å²) < 4.78 is 27.5. The number of sulfonamides is 1. The van der Waals surface area contributed by atoms with E-state index in [9.17, 15) is 8.42 Å². The first-order chi connectivity index (χ1) is 10.5. The van der Waals surface area contributed by atoms with Crippen LogP contribution >= 0.6 is 27.5 Å². The Balaban J connectivity index is 1.94. The highest BCUT2D eigenvalue weighted by molar-refractivity contribution is 9.10. The molecule has 3 rings (SSSR count). The topological polar surface area (TPSA) is 83.5 Å². The molecule has 0 unspecified atom stereocenters. The van der Waals surface area contributed by atoms with Crippen LogP contribution in [-0.4, -0.2) is 19.4 Å². The first kappa shape index (κ1) is 15.3. The van der Waals surface area contributed by atoms with Crippen LogP contribution in [0, 0.1) is 0 Å². The Kier molecular flexibility index (Phi) is 4.07. The van der Waals surface area contributed by atoms with Gasteiger partial charge in [-0.1, -0.05) is 17.7 Å². The summed E-state index contributed by atoms with van der Waals surface area (Å²) in [6, 6.07) is 8.34. The van der Waals surface area contributed by atoms with Crippen molar-refractivity contribution in [3.63, 3.8) is 0 Å². The largest absolute Gasteiger partial charge is 0.323 e. The first-order valence-corrected chi connectivity index (χ1v) is 8.85. The van der Waals surface area contributed by atoms with Crippen molar-refractivity contribution in [3.05, 3.63) is 51.7 Å². The van der Waals surface area contributed by atoms with Gasteiger partial charge in [0.15, 0.2) is 0 Å². The highest BCUT2D eigenvalue weighted by Crippen LogP contribution is 2.32. The number of para-hydroxylation sites is 1. The lowest BCUT2D eigenvalue weighted by molar-refractivity contribution is 0.591. The number of nitrogens with one attached hydrogen (secondary N) is 2. The van der Waals surface area contributed by atoms with Gasteiger partial charge in [0.25, 0.3) is 10.0 Å². The summed E-state index contributed by atoms with van der Waals surface area (Å²) in [6.45, 7) is 0.157. The SMILES string of the molecule is O=S1(=O)NC(=NCc2ncccc2Cl)Nc2c(Br)cccc21. The molecule has 0 atom stereocenters. The molecule has 22 heavy (non-hydrogen) atoms. The zero-order valence-corrected chi connectivity index (χ0v) is 14.2. The molecule has 1 aromatic carbocycles. The van der Waals surface area contributed by atoms with Crippen molar-refractivity contribution in [2.45, 2.75) is 11.4 Å². The molecule has 2 aromatic rings. The number of aromatic nitrogens is 1. The maximum atomic E-state index is 12.2. The van der Waals surface area contributed by atoms with Crippen LogP contribution in [0.1, 0.15) is 5.69 Å². The molecule has 0 aliphatic carbocycles. The third-order valence-corrected chi connectivity index (χ3v) is 5.35. The summed E-state index contributed by atoms with van der Waals surface area (Å²) in [5.74, 6) is 0.126. The zero-order valence-electron chi connectivity index (χ0n) is 11.0. The van der Waals surface area contributed by atoms with Crippen LogP contribution in [0.25, 0.3) is 0 Å². The molecule has 1 aromatic heterocycles. The van der Waals surface area contributed by atoms with Gasteiger partial charge >= 0.3 is 0 Å². The standard InChI is InChI=1S/C13H10BrClN4O2S/c14-8-3-1-5-11-12(8)18-13(19-22(11,20)21)17-7-10-9(15)4-2-6-16-10/h1-6H,7H2,(H2,17,18,19). The van der Waals surface area contributed by atoms with E-state index >= 15 is 0 Å². The molecule has 0 saturated carbocycles. The number of pyridine rings is 1. The second kappa shape index (κ2) is 5.86. The van der Waals surface area contributed by atoms with E-state index in [2.05, 4.69) is 35.9 Å². The highest BCUT2D eigenvalue weighted by Gasteiger charge is 2.27. The second-order valence-corrected chi connectivity index (χ2v) is 7.35. The summed E-state index contributed by atoms with van der Waals surface area (Å²) in [7, 11) is -3.65. The Morgan fingerprint density at radius 2 is 2.09 bits per heavy atom. The Morgan fingerprint density at radius 1 is 1.27 bits per heavy atom. The van der Waals surface area contributed by atoms with Gasteiger partial charge in [0, 0.05) is 10.7 Å². The summed E-state index contributed by atoms with van der Waals surface area (Å²) in [6.07, 6.45) is 1.60. The molecule has 114 valence electrons. The third-order valence-electron chi connectivity index (χ3n) is 2.96. The number of guanidine groups is 1. The fourth-order valence-electron chi connectivity index (χ4n) is 1.94. The van der Waals surface area contributed by atoms with Crippen molar-refractivity contribution < 1.29 is 8.42 Å². The Morgan fingerprint density at radius 3 is 2.86 bits per heavy atom. The van der Waals surface area contributed by atoms with Crippen LogP contribution in [-0.2, 0) is 16.6 Å². The van der Waals surface area contributed by atoms with Gasteiger partial charge in [-0.15, -0.1) is 0 Å². The number of nitrogens with zero attached hydrogens (tertiary/aromatic N) is 2. The van der Waals surface area contributed by atoms with Crippen molar-refractivity contribution in [1.82, 2.24) is 9.71 Å². The molecule has 0 radical (unpaired) electrons. The number of hydrogen-bond acceptors (Lipinski definition) is 4. The number of aliphatic imine (C=N–C) groups is 1. The monoisotopic (exact) mass is 400 g/mol. The lowest BCUT2D eigenvalue weighted by Crippen LogP contribution is -2.40. The fraction of sp³-hybridized carbons (Fsp3) is 0.0769. The fourth-order valence-corrected chi connectivity index (χ4v) is 3.88. The number of hydrogen-bond donors (Lipinski definition) is 2. The van der Waals surface area contributed by atoms with Gasteiger partial charge < -0.3 is 5.32 Å². The maximum Gasteiger partial charge on any atom is 0.266 e. The van der Waals surface area contributed by atoms with Crippen LogP contribution in [0.2, 0.25) is 5.02 Å². The van der Waals surface area contributed by atoms with Crippen LogP contribution in [0.5, 0.6) is 0 Å². The Hall–Kier alpha value is -1.64. The van der Waals surface area contributed by atoms with E-state index in [1.165, 1.54) is 6.07 Å². The average molecular weight is 402 g/mol. The number of rotatable bonds is 2. The van der Waals surface area contributed by atoms with Crippen molar-refractivity contribution in [3.8, 4) is 0 Å². The molecule has 0 bridgehead atoms. The summed E-state index contributed by atoms with van der Waals surface area (Å²) in [5, 5.41) is 3.43. The molecule has 6 nitrogen and oxygen atoms in total. The summed E-state index contributed by atoms with van der Waals surface area (Å²) >= 11 is 9.33. The molecule has 9 heteroatoms. The van der Waals surface area contributed by atoms with Crippen LogP contribution in [0.4, 0.5) is 5.69 Å². The number of benzene rings is 1. The predicted molar refractivity (Wildman–Crippen MR) is 88.5 cm³/mol. The van der Waals surface area contributed by atoms with Crippen LogP contribution < -0.4 is 10.0 Å². The molecule has 2 heterocycles. The van der Waals surface area contributed by atoms with Gasteiger partial charge in [0.2, 0.25) is 5.96 Å². The molecular weight excluding hydrogens is 392 g/mol. The molecule has 0 spiro atoms. The van der Waals surface area contributed by atoms with Gasteiger partial charge in [-0.05, 0) is 40.2 Å². The normalized spacial score (nSPS) is 17.5. The lowest BCUT2D eigenvalue weighted by Gasteiger charge is -2.22. The van der Waals surface area contributed by atoms with Gasteiger partial charge in [0.1, 0.15) is 4.90 Å². The minimum atomic E-state index is -3.65. The quantitative estimate of drug-likeness (QED) is 0.810. The van der Waals surface area contributed by atoms with Crippen LogP contribution in [0.3, 0.4) is 0 Å².